The standard InChI is InChI=1S/C11H12F3N5S/c1-6(10(17-15)8-5-16-7(2)20-8)19-4-3-9(18-19)11(12,13)14/h3-6H,15H2,1-2H3. The molecule has 0 aliphatic carbocycles. The molecule has 2 aromatic rings. The quantitative estimate of drug-likeness (QED) is 0.538. The van der Waals surface area contributed by atoms with E-state index in [2.05, 4.69) is 15.2 Å². The van der Waals surface area contributed by atoms with Crippen LogP contribution < -0.4 is 5.84 Å². The number of nitrogens with zero attached hydrogens (tertiary/aromatic N) is 4. The summed E-state index contributed by atoms with van der Waals surface area (Å²) in [6, 6.07) is 0.402. The molecule has 2 aromatic heterocycles. The smallest absolute Gasteiger partial charge is 0.323 e. The Hall–Kier alpha value is -1.90. The molecule has 0 aliphatic heterocycles. The van der Waals surface area contributed by atoms with Gasteiger partial charge in [0, 0.05) is 12.4 Å². The third-order valence-electron chi connectivity index (χ3n) is 2.70. The Morgan fingerprint density at radius 3 is 2.65 bits per heavy atom. The van der Waals surface area contributed by atoms with Gasteiger partial charge in [-0.25, -0.2) is 4.98 Å². The summed E-state index contributed by atoms with van der Waals surface area (Å²) >= 11 is 1.37. The number of nitrogens with two attached hydrogens (primary N) is 1. The van der Waals surface area contributed by atoms with Gasteiger partial charge in [0.05, 0.1) is 15.9 Å². The highest BCUT2D eigenvalue weighted by atomic mass is 32.1. The molecular weight excluding hydrogens is 291 g/mol. The predicted octanol–water partition coefficient (Wildman–Crippen LogP) is 2.59. The van der Waals surface area contributed by atoms with E-state index >= 15 is 0 Å². The van der Waals surface area contributed by atoms with E-state index in [1.54, 1.807) is 13.1 Å². The van der Waals surface area contributed by atoms with Crippen LogP contribution in [0.25, 0.3) is 0 Å². The van der Waals surface area contributed by atoms with Gasteiger partial charge in [-0.3, -0.25) is 4.68 Å². The zero-order valence-corrected chi connectivity index (χ0v) is 11.5. The van der Waals surface area contributed by atoms with Crippen LogP contribution in [-0.2, 0) is 6.18 Å². The average molecular weight is 303 g/mol. The molecule has 0 saturated heterocycles. The maximum Gasteiger partial charge on any atom is 0.435 e. The minimum absolute atomic E-state index is 0.437. The molecule has 0 aliphatic rings. The summed E-state index contributed by atoms with van der Waals surface area (Å²) in [4.78, 5) is 4.79. The Balaban J connectivity index is 2.30. The second kappa shape index (κ2) is 5.23. The Bertz CT molecular complexity index is 628. The minimum Gasteiger partial charge on any atom is -0.323 e. The summed E-state index contributed by atoms with van der Waals surface area (Å²) in [6.45, 7) is 3.50. The molecule has 2 heterocycles. The summed E-state index contributed by atoms with van der Waals surface area (Å²) in [5, 5.41) is 8.01. The van der Waals surface area contributed by atoms with Crippen molar-refractivity contribution < 1.29 is 13.2 Å². The molecule has 0 amide bonds. The van der Waals surface area contributed by atoms with Gasteiger partial charge in [0.25, 0.3) is 0 Å². The maximum absolute atomic E-state index is 12.5. The molecule has 0 bridgehead atoms. The molecule has 1 atom stereocenters. The first-order valence-corrected chi connectivity index (χ1v) is 6.47. The molecule has 108 valence electrons. The molecule has 9 heteroatoms. The van der Waals surface area contributed by atoms with Gasteiger partial charge in [0.1, 0.15) is 5.71 Å². The van der Waals surface area contributed by atoms with Gasteiger partial charge in [-0.2, -0.15) is 23.4 Å². The number of aromatic nitrogens is 3. The molecule has 5 nitrogen and oxygen atoms in total. The third-order valence-corrected chi connectivity index (χ3v) is 3.64. The highest BCUT2D eigenvalue weighted by Gasteiger charge is 2.34. The summed E-state index contributed by atoms with van der Waals surface area (Å²) < 4.78 is 38.8. The second-order valence-corrected chi connectivity index (χ2v) is 5.35. The van der Waals surface area contributed by atoms with Crippen molar-refractivity contribution in [3.8, 4) is 0 Å². The summed E-state index contributed by atoms with van der Waals surface area (Å²) in [6.07, 6.45) is -1.62. The van der Waals surface area contributed by atoms with Crippen LogP contribution in [-0.4, -0.2) is 20.5 Å². The molecule has 2 rings (SSSR count). The minimum atomic E-state index is -4.47. The molecule has 0 radical (unpaired) electrons. The van der Waals surface area contributed by atoms with Crippen molar-refractivity contribution in [1.82, 2.24) is 14.8 Å². The fourth-order valence-corrected chi connectivity index (χ4v) is 2.54. The van der Waals surface area contributed by atoms with E-state index in [9.17, 15) is 13.2 Å². The Morgan fingerprint density at radius 2 is 2.20 bits per heavy atom. The number of aryl methyl sites for hydroxylation is 1. The van der Waals surface area contributed by atoms with Gasteiger partial charge < -0.3 is 5.84 Å². The van der Waals surface area contributed by atoms with E-state index in [4.69, 9.17) is 5.84 Å². The first kappa shape index (κ1) is 14.5. The number of hydrogen-bond donors (Lipinski definition) is 1. The van der Waals surface area contributed by atoms with Crippen LogP contribution in [0.4, 0.5) is 13.2 Å². The van der Waals surface area contributed by atoms with E-state index < -0.39 is 17.9 Å². The topological polar surface area (TPSA) is 69.1 Å². The van der Waals surface area contributed by atoms with Gasteiger partial charge >= 0.3 is 6.18 Å². The van der Waals surface area contributed by atoms with Gasteiger partial charge in [0.15, 0.2) is 5.69 Å². The molecular formula is C11H12F3N5S. The Kier molecular flexibility index (Phi) is 3.80. The van der Waals surface area contributed by atoms with Gasteiger partial charge in [0.2, 0.25) is 0 Å². The van der Waals surface area contributed by atoms with E-state index in [-0.39, 0.29) is 0 Å². The Labute approximate surface area is 116 Å². The van der Waals surface area contributed by atoms with Crippen molar-refractivity contribution in [3.63, 3.8) is 0 Å². The zero-order chi connectivity index (χ0) is 14.9. The first-order valence-electron chi connectivity index (χ1n) is 5.66. The number of thiazole rings is 1. The lowest BCUT2D eigenvalue weighted by Crippen LogP contribution is -2.20. The molecule has 0 fully saturated rings. The van der Waals surface area contributed by atoms with E-state index in [0.29, 0.717) is 10.6 Å². The fraction of sp³-hybridized carbons (Fsp3) is 0.364. The molecule has 0 aromatic carbocycles. The lowest BCUT2D eigenvalue weighted by atomic mass is 10.2. The summed E-state index contributed by atoms with van der Waals surface area (Å²) in [7, 11) is 0. The second-order valence-electron chi connectivity index (χ2n) is 4.11. The zero-order valence-electron chi connectivity index (χ0n) is 10.7. The van der Waals surface area contributed by atoms with E-state index in [1.165, 1.54) is 22.2 Å². The van der Waals surface area contributed by atoms with Gasteiger partial charge in [-0.05, 0) is 19.9 Å². The van der Waals surface area contributed by atoms with Crippen LogP contribution in [0.15, 0.2) is 23.6 Å². The van der Waals surface area contributed by atoms with Crippen molar-refractivity contribution in [2.45, 2.75) is 26.1 Å². The highest BCUT2D eigenvalue weighted by molar-refractivity contribution is 7.13. The SMILES string of the molecule is Cc1ncc(C(=NN)C(C)n2ccc(C(F)(F)F)n2)s1. The van der Waals surface area contributed by atoms with Crippen molar-refractivity contribution in [1.29, 1.82) is 0 Å². The van der Waals surface area contributed by atoms with Crippen molar-refractivity contribution in [3.05, 3.63) is 34.0 Å². The normalized spacial score (nSPS) is 14.6. The van der Waals surface area contributed by atoms with Crippen LogP contribution in [0, 0.1) is 6.92 Å². The molecule has 20 heavy (non-hydrogen) atoms. The predicted molar refractivity (Wildman–Crippen MR) is 69.5 cm³/mol. The summed E-state index contributed by atoms with van der Waals surface area (Å²) in [5.74, 6) is 5.35. The largest absolute Gasteiger partial charge is 0.435 e. The van der Waals surface area contributed by atoms with Crippen molar-refractivity contribution in [2.24, 2.45) is 10.9 Å². The van der Waals surface area contributed by atoms with E-state index in [1.807, 2.05) is 6.92 Å². The third kappa shape index (κ3) is 2.82. The van der Waals surface area contributed by atoms with Crippen molar-refractivity contribution >= 4 is 17.0 Å². The van der Waals surface area contributed by atoms with Crippen molar-refractivity contribution in [2.75, 3.05) is 0 Å². The Morgan fingerprint density at radius 1 is 1.50 bits per heavy atom. The monoisotopic (exact) mass is 303 g/mol. The van der Waals surface area contributed by atoms with Crippen LogP contribution in [0.1, 0.15) is 28.5 Å². The molecule has 1 unspecified atom stereocenters. The average Bonchev–Trinajstić information content (AvgIpc) is 2.98. The van der Waals surface area contributed by atoms with Gasteiger partial charge in [-0.1, -0.05) is 0 Å². The lowest BCUT2D eigenvalue weighted by molar-refractivity contribution is -0.141. The first-order chi connectivity index (χ1) is 9.32. The summed E-state index contributed by atoms with van der Waals surface area (Å²) in [5.41, 5.74) is -0.506. The van der Waals surface area contributed by atoms with Gasteiger partial charge in [-0.15, -0.1) is 11.3 Å². The molecule has 0 saturated carbocycles. The lowest BCUT2D eigenvalue weighted by Gasteiger charge is -2.13. The van der Waals surface area contributed by atoms with Crippen LogP contribution in [0.5, 0.6) is 0 Å². The number of hydrogen-bond acceptors (Lipinski definition) is 5. The molecule has 2 N–H and O–H groups in total. The van der Waals surface area contributed by atoms with E-state index in [0.717, 1.165) is 11.1 Å². The van der Waals surface area contributed by atoms with Crippen LogP contribution >= 0.6 is 11.3 Å². The van der Waals surface area contributed by atoms with Crippen LogP contribution in [0.2, 0.25) is 0 Å². The van der Waals surface area contributed by atoms with Crippen LogP contribution in [0.3, 0.4) is 0 Å². The maximum atomic E-state index is 12.5. The number of hydrazone groups is 1. The highest BCUT2D eigenvalue weighted by Crippen LogP contribution is 2.28. The molecule has 0 spiro atoms. The number of alkyl halides is 3. The fourth-order valence-electron chi connectivity index (χ4n) is 1.69. The number of rotatable bonds is 3. The number of halogens is 3.